The minimum Gasteiger partial charge on any atom is -0.287 e. The van der Waals surface area contributed by atoms with Crippen LogP contribution in [0.1, 0.15) is 56.6 Å². The van der Waals surface area contributed by atoms with Gasteiger partial charge in [-0.25, -0.2) is 4.98 Å². The first-order chi connectivity index (χ1) is 19.6. The number of para-hydroxylation sites is 2. The lowest BCUT2D eigenvalue weighted by Crippen LogP contribution is -2.43. The number of benzene rings is 3. The number of carbonyl (C=O) groups excluding carboxylic acids is 1. The molecule has 0 aliphatic heterocycles. The van der Waals surface area contributed by atoms with Crippen molar-refractivity contribution in [1.82, 2.24) is 9.55 Å². The second kappa shape index (κ2) is 11.5. The van der Waals surface area contributed by atoms with Gasteiger partial charge in [0.2, 0.25) is 5.91 Å². The van der Waals surface area contributed by atoms with Crippen molar-refractivity contribution in [2.75, 3.05) is 10.7 Å². The zero-order chi connectivity index (χ0) is 27.5. The normalized spacial score (nSPS) is 15.3. The maximum Gasteiger partial charge on any atom is 0.258 e. The minimum absolute atomic E-state index is 0.0541. The van der Waals surface area contributed by atoms with Gasteiger partial charge in [0.15, 0.2) is 5.16 Å². The van der Waals surface area contributed by atoms with E-state index in [1.165, 1.54) is 23.7 Å². The predicted octanol–water partition coefficient (Wildman–Crippen LogP) is 7.54. The Kier molecular flexibility index (Phi) is 7.61. The SMILES string of the molecule is CCCn1c(SCC(=O)N(c2ccccc2)c2ccccc2)nc2c(c1=O)C1(CCCCC1)Cc1ccccc1-2. The molecule has 40 heavy (non-hydrogen) atoms. The van der Waals surface area contributed by atoms with E-state index in [0.717, 1.165) is 66.7 Å². The zero-order valence-corrected chi connectivity index (χ0v) is 23.8. The standard InChI is InChI=1S/C34H35N3O2S/c1-2-22-36-32(39)30-31(28-19-11-10-14-25(28)23-34(30)20-12-5-13-21-34)35-33(36)40-24-29(38)37(26-15-6-3-7-16-26)27-17-8-4-9-18-27/h3-4,6-11,14-19H,2,5,12-13,20-24H2,1H3. The summed E-state index contributed by atoms with van der Waals surface area (Å²) in [6.07, 6.45) is 7.32. The van der Waals surface area contributed by atoms with Crippen LogP contribution in [0.2, 0.25) is 0 Å². The quantitative estimate of drug-likeness (QED) is 0.177. The molecule has 1 amide bonds. The average Bonchev–Trinajstić information content (AvgIpc) is 2.99. The Morgan fingerprint density at radius 2 is 1.52 bits per heavy atom. The first-order valence-corrected chi connectivity index (χ1v) is 15.4. The van der Waals surface area contributed by atoms with Gasteiger partial charge in [-0.2, -0.15) is 0 Å². The van der Waals surface area contributed by atoms with E-state index in [2.05, 4.69) is 25.1 Å². The fraction of sp³-hybridized carbons (Fsp3) is 0.324. The van der Waals surface area contributed by atoms with Crippen molar-refractivity contribution in [3.63, 3.8) is 0 Å². The summed E-state index contributed by atoms with van der Waals surface area (Å²) >= 11 is 1.37. The molecule has 0 radical (unpaired) electrons. The minimum atomic E-state index is -0.141. The van der Waals surface area contributed by atoms with Gasteiger partial charge >= 0.3 is 0 Å². The Morgan fingerprint density at radius 3 is 2.17 bits per heavy atom. The lowest BCUT2D eigenvalue weighted by atomic mass is 9.62. The van der Waals surface area contributed by atoms with Gasteiger partial charge in [-0.05, 0) is 55.5 Å². The molecular formula is C34H35N3O2S. The third kappa shape index (κ3) is 4.90. The third-order valence-corrected chi connectivity index (χ3v) is 9.29. The smallest absolute Gasteiger partial charge is 0.258 e. The van der Waals surface area contributed by atoms with E-state index in [1.54, 1.807) is 4.90 Å². The highest BCUT2D eigenvalue weighted by molar-refractivity contribution is 7.99. The highest BCUT2D eigenvalue weighted by Gasteiger charge is 2.43. The molecule has 0 N–H and O–H groups in total. The van der Waals surface area contributed by atoms with Gasteiger partial charge in [0.1, 0.15) is 0 Å². The van der Waals surface area contributed by atoms with Gasteiger partial charge in [-0.15, -0.1) is 0 Å². The lowest BCUT2D eigenvalue weighted by molar-refractivity contribution is -0.115. The van der Waals surface area contributed by atoms with Crippen molar-refractivity contribution in [1.29, 1.82) is 0 Å². The molecule has 2 aliphatic carbocycles. The maximum absolute atomic E-state index is 14.3. The summed E-state index contributed by atoms with van der Waals surface area (Å²) in [4.78, 5) is 35.1. The van der Waals surface area contributed by atoms with Gasteiger partial charge in [0.25, 0.3) is 5.56 Å². The molecule has 4 aromatic rings. The van der Waals surface area contributed by atoms with Gasteiger partial charge in [-0.3, -0.25) is 19.1 Å². The molecule has 3 aromatic carbocycles. The first-order valence-electron chi connectivity index (χ1n) is 14.4. The summed E-state index contributed by atoms with van der Waals surface area (Å²) < 4.78 is 1.84. The molecule has 1 saturated carbocycles. The third-order valence-electron chi connectivity index (χ3n) is 8.33. The number of aromatic nitrogens is 2. The second-order valence-electron chi connectivity index (χ2n) is 10.9. The number of rotatable bonds is 7. The number of carbonyl (C=O) groups is 1. The van der Waals surface area contributed by atoms with Gasteiger partial charge in [0.05, 0.1) is 17.0 Å². The molecule has 1 spiro atoms. The van der Waals surface area contributed by atoms with Crippen molar-refractivity contribution in [3.05, 3.63) is 106 Å². The molecular weight excluding hydrogens is 514 g/mol. The van der Waals surface area contributed by atoms with Crippen molar-refractivity contribution in [2.24, 2.45) is 0 Å². The molecule has 204 valence electrons. The number of hydrogen-bond donors (Lipinski definition) is 0. The van der Waals surface area contributed by atoms with Crippen LogP contribution in [0.4, 0.5) is 11.4 Å². The number of hydrogen-bond acceptors (Lipinski definition) is 4. The van der Waals surface area contributed by atoms with Crippen molar-refractivity contribution >= 4 is 29.0 Å². The Morgan fingerprint density at radius 1 is 0.900 bits per heavy atom. The summed E-state index contributed by atoms with van der Waals surface area (Å²) in [5.74, 6) is 0.118. The molecule has 1 heterocycles. The predicted molar refractivity (Wildman–Crippen MR) is 163 cm³/mol. The molecule has 6 heteroatoms. The Balaban J connectivity index is 1.40. The van der Waals surface area contributed by atoms with Crippen LogP contribution in [0.3, 0.4) is 0 Å². The summed E-state index contributed by atoms with van der Waals surface area (Å²) in [6.45, 7) is 2.68. The van der Waals surface area contributed by atoms with Gasteiger partial charge in [0, 0.05) is 28.9 Å². The van der Waals surface area contributed by atoms with Crippen LogP contribution in [0.15, 0.2) is 94.9 Å². The molecule has 0 saturated heterocycles. The number of nitrogens with zero attached hydrogens (tertiary/aromatic N) is 3. The highest BCUT2D eigenvalue weighted by atomic mass is 32.2. The molecule has 1 aromatic heterocycles. The van der Waals surface area contributed by atoms with E-state index in [0.29, 0.717) is 11.7 Å². The maximum atomic E-state index is 14.3. The molecule has 0 bridgehead atoms. The van der Waals surface area contributed by atoms with Crippen LogP contribution in [0.5, 0.6) is 0 Å². The van der Waals surface area contributed by atoms with Crippen LogP contribution >= 0.6 is 11.8 Å². The van der Waals surface area contributed by atoms with Crippen molar-refractivity contribution < 1.29 is 4.79 Å². The summed E-state index contributed by atoms with van der Waals surface area (Å²) in [5, 5.41) is 0.627. The van der Waals surface area contributed by atoms with Crippen LogP contribution in [0, 0.1) is 0 Å². The average molecular weight is 550 g/mol. The van der Waals surface area contributed by atoms with Gasteiger partial charge < -0.3 is 0 Å². The largest absolute Gasteiger partial charge is 0.287 e. The van der Waals surface area contributed by atoms with Crippen LogP contribution in [-0.4, -0.2) is 21.2 Å². The van der Waals surface area contributed by atoms with E-state index in [4.69, 9.17) is 4.98 Å². The topological polar surface area (TPSA) is 55.2 Å². The van der Waals surface area contributed by atoms with E-state index < -0.39 is 0 Å². The fourth-order valence-corrected chi connectivity index (χ4v) is 7.40. The number of thioether (sulfide) groups is 1. The van der Waals surface area contributed by atoms with Gasteiger partial charge in [-0.1, -0.05) is 98.6 Å². The zero-order valence-electron chi connectivity index (χ0n) is 23.0. The summed E-state index contributed by atoms with van der Waals surface area (Å²) in [5.41, 5.74) is 5.66. The Labute approximate surface area is 240 Å². The molecule has 2 aliphatic rings. The van der Waals surface area contributed by atoms with Crippen molar-refractivity contribution in [2.45, 2.75) is 69.0 Å². The lowest BCUT2D eigenvalue weighted by Gasteiger charge is -2.42. The van der Waals surface area contributed by atoms with Crippen LogP contribution in [-0.2, 0) is 23.2 Å². The monoisotopic (exact) mass is 549 g/mol. The highest BCUT2D eigenvalue weighted by Crippen LogP contribution is 2.48. The van der Waals surface area contributed by atoms with E-state index in [1.807, 2.05) is 71.3 Å². The van der Waals surface area contributed by atoms with E-state index >= 15 is 0 Å². The Hall–Kier alpha value is -3.64. The number of anilines is 2. The number of amides is 1. The fourth-order valence-electron chi connectivity index (χ4n) is 6.53. The molecule has 5 nitrogen and oxygen atoms in total. The van der Waals surface area contributed by atoms with E-state index in [-0.39, 0.29) is 22.6 Å². The van der Waals surface area contributed by atoms with Crippen LogP contribution < -0.4 is 10.5 Å². The summed E-state index contributed by atoms with van der Waals surface area (Å²) in [7, 11) is 0. The van der Waals surface area contributed by atoms with E-state index in [9.17, 15) is 9.59 Å². The number of fused-ring (bicyclic) bond motifs is 4. The second-order valence-corrected chi connectivity index (χ2v) is 11.9. The Bertz CT molecular complexity index is 1520. The molecule has 0 atom stereocenters. The van der Waals surface area contributed by atoms with Crippen molar-refractivity contribution in [3.8, 4) is 11.3 Å². The first kappa shape index (κ1) is 26.6. The molecule has 0 unspecified atom stereocenters. The molecule has 6 rings (SSSR count). The van der Waals surface area contributed by atoms with Crippen LogP contribution in [0.25, 0.3) is 11.3 Å². The molecule has 1 fully saturated rings. The summed E-state index contributed by atoms with van der Waals surface area (Å²) in [6, 6.07) is 27.9.